The van der Waals surface area contributed by atoms with Crippen LogP contribution in [0.5, 0.6) is 0 Å². The highest BCUT2D eigenvalue weighted by Crippen LogP contribution is 2.45. The van der Waals surface area contributed by atoms with E-state index in [9.17, 15) is 4.79 Å². The first kappa shape index (κ1) is 12.7. The summed E-state index contributed by atoms with van der Waals surface area (Å²) in [6.07, 6.45) is 0.937. The quantitative estimate of drug-likeness (QED) is 0.478. The molecule has 2 heterocycles. The second kappa shape index (κ2) is 5.02. The van der Waals surface area contributed by atoms with Crippen LogP contribution >= 0.6 is 0 Å². The molecule has 1 aromatic rings. The Labute approximate surface area is 116 Å². The van der Waals surface area contributed by atoms with Gasteiger partial charge in [-0.3, -0.25) is 0 Å². The molecule has 1 saturated heterocycles. The Morgan fingerprint density at radius 2 is 1.95 bits per heavy atom. The van der Waals surface area contributed by atoms with Gasteiger partial charge in [0.2, 0.25) is 5.76 Å². The van der Waals surface area contributed by atoms with E-state index >= 15 is 0 Å². The van der Waals surface area contributed by atoms with Crippen molar-refractivity contribution in [1.29, 1.82) is 0 Å². The number of hydrogen-bond acceptors (Lipinski definition) is 5. The molecule has 1 fully saturated rings. The summed E-state index contributed by atoms with van der Waals surface area (Å²) >= 11 is 0. The van der Waals surface area contributed by atoms with Crippen LogP contribution < -0.4 is 0 Å². The average molecular weight is 274 g/mol. The Morgan fingerprint density at radius 1 is 1.20 bits per heavy atom. The first-order valence-electron chi connectivity index (χ1n) is 6.21. The van der Waals surface area contributed by atoms with E-state index in [2.05, 4.69) is 0 Å². The van der Waals surface area contributed by atoms with Gasteiger partial charge < -0.3 is 18.9 Å². The maximum Gasteiger partial charge on any atom is 0.340 e. The van der Waals surface area contributed by atoms with Gasteiger partial charge in [-0.25, -0.2) is 4.79 Å². The number of benzene rings is 1. The highest BCUT2D eigenvalue weighted by Gasteiger charge is 2.47. The molecule has 1 aromatic carbocycles. The van der Waals surface area contributed by atoms with Gasteiger partial charge in [-0.15, -0.1) is 0 Å². The molecule has 0 spiro atoms. The Morgan fingerprint density at radius 3 is 2.60 bits per heavy atom. The Bertz CT molecular complexity index is 588. The molecule has 0 N–H and O–H groups in total. The summed E-state index contributed by atoms with van der Waals surface area (Å²) in [6, 6.07) is 9.81. The fourth-order valence-electron chi connectivity index (χ4n) is 2.22. The van der Waals surface area contributed by atoms with Crippen molar-refractivity contribution in [2.75, 3.05) is 14.2 Å². The number of epoxide rings is 1. The van der Waals surface area contributed by atoms with E-state index in [1.54, 1.807) is 0 Å². The standard InChI is InChI=1S/C15H14O5/c1-17-10-8-11(16)19-13(10)14(18-2)15-12(20-15)9-6-4-3-5-7-9/h3-8,12,15H,1-2H3/b14-13+. The van der Waals surface area contributed by atoms with Crippen LogP contribution in [0, 0.1) is 0 Å². The molecular weight excluding hydrogens is 260 g/mol. The van der Waals surface area contributed by atoms with Gasteiger partial charge in [0.25, 0.3) is 0 Å². The number of rotatable bonds is 4. The zero-order valence-corrected chi connectivity index (χ0v) is 11.2. The number of esters is 1. The van der Waals surface area contributed by atoms with Gasteiger partial charge in [-0.1, -0.05) is 30.3 Å². The summed E-state index contributed by atoms with van der Waals surface area (Å²) in [6.45, 7) is 0. The summed E-state index contributed by atoms with van der Waals surface area (Å²) in [5.41, 5.74) is 1.06. The van der Waals surface area contributed by atoms with Gasteiger partial charge in [-0.2, -0.15) is 0 Å². The number of methoxy groups -OCH3 is 2. The van der Waals surface area contributed by atoms with E-state index in [0.29, 0.717) is 17.3 Å². The van der Waals surface area contributed by atoms with Crippen molar-refractivity contribution < 1.29 is 23.7 Å². The van der Waals surface area contributed by atoms with Crippen LogP contribution in [0.25, 0.3) is 0 Å². The highest BCUT2D eigenvalue weighted by atomic mass is 16.6. The van der Waals surface area contributed by atoms with Crippen molar-refractivity contribution in [3.63, 3.8) is 0 Å². The monoisotopic (exact) mass is 274 g/mol. The fourth-order valence-corrected chi connectivity index (χ4v) is 2.22. The predicted molar refractivity (Wildman–Crippen MR) is 69.3 cm³/mol. The van der Waals surface area contributed by atoms with Crippen LogP contribution in [-0.4, -0.2) is 26.3 Å². The highest BCUT2D eigenvalue weighted by molar-refractivity contribution is 5.87. The van der Waals surface area contributed by atoms with E-state index < -0.39 is 5.97 Å². The molecule has 5 heteroatoms. The molecule has 2 unspecified atom stereocenters. The van der Waals surface area contributed by atoms with Gasteiger partial charge in [0, 0.05) is 0 Å². The number of ether oxygens (including phenoxy) is 4. The molecule has 0 radical (unpaired) electrons. The van der Waals surface area contributed by atoms with Crippen molar-refractivity contribution >= 4 is 5.97 Å². The Hall–Kier alpha value is -2.27. The number of hydrogen-bond donors (Lipinski definition) is 0. The van der Waals surface area contributed by atoms with Crippen LogP contribution in [0.3, 0.4) is 0 Å². The smallest absolute Gasteiger partial charge is 0.340 e. The van der Waals surface area contributed by atoms with Gasteiger partial charge in [0.1, 0.15) is 12.2 Å². The second-order valence-electron chi connectivity index (χ2n) is 4.42. The molecule has 2 atom stereocenters. The van der Waals surface area contributed by atoms with E-state index in [1.165, 1.54) is 20.3 Å². The van der Waals surface area contributed by atoms with E-state index in [4.69, 9.17) is 18.9 Å². The van der Waals surface area contributed by atoms with Crippen LogP contribution in [0.4, 0.5) is 0 Å². The number of cyclic esters (lactones) is 1. The molecule has 5 nitrogen and oxygen atoms in total. The normalized spacial score (nSPS) is 26.7. The minimum Gasteiger partial charge on any atom is -0.494 e. The van der Waals surface area contributed by atoms with Gasteiger partial charge in [0.15, 0.2) is 11.5 Å². The number of carbonyl (C=O) groups is 1. The van der Waals surface area contributed by atoms with Crippen molar-refractivity contribution in [3.05, 3.63) is 59.2 Å². The zero-order chi connectivity index (χ0) is 14.1. The van der Waals surface area contributed by atoms with Crippen molar-refractivity contribution in [3.8, 4) is 0 Å². The molecule has 0 saturated carbocycles. The van der Waals surface area contributed by atoms with Crippen LogP contribution in [0.15, 0.2) is 53.7 Å². The van der Waals surface area contributed by atoms with Crippen molar-refractivity contribution in [1.82, 2.24) is 0 Å². The molecular formula is C15H14O5. The van der Waals surface area contributed by atoms with Crippen LogP contribution in [0.2, 0.25) is 0 Å². The van der Waals surface area contributed by atoms with E-state index in [1.807, 2.05) is 30.3 Å². The lowest BCUT2D eigenvalue weighted by Crippen LogP contribution is -2.06. The summed E-state index contributed by atoms with van der Waals surface area (Å²) in [5.74, 6) is 0.652. The number of carbonyl (C=O) groups excluding carboxylic acids is 1. The first-order valence-corrected chi connectivity index (χ1v) is 6.21. The molecule has 3 rings (SSSR count). The van der Waals surface area contributed by atoms with Gasteiger partial charge in [0.05, 0.1) is 20.3 Å². The Kier molecular flexibility index (Phi) is 3.20. The molecule has 0 amide bonds. The summed E-state index contributed by atoms with van der Waals surface area (Å²) in [5, 5.41) is 0. The molecule has 20 heavy (non-hydrogen) atoms. The molecule has 0 aliphatic carbocycles. The second-order valence-corrected chi connectivity index (χ2v) is 4.42. The van der Waals surface area contributed by atoms with E-state index in [-0.39, 0.29) is 12.2 Å². The Balaban J connectivity index is 1.86. The molecule has 2 aliphatic heterocycles. The molecule has 0 bridgehead atoms. The maximum atomic E-state index is 11.3. The summed E-state index contributed by atoms with van der Waals surface area (Å²) in [7, 11) is 3.00. The van der Waals surface area contributed by atoms with Crippen LogP contribution in [-0.2, 0) is 23.7 Å². The third kappa shape index (κ3) is 2.16. The molecule has 0 aromatic heterocycles. The lowest BCUT2D eigenvalue weighted by Gasteiger charge is -2.09. The van der Waals surface area contributed by atoms with E-state index in [0.717, 1.165) is 5.56 Å². The predicted octanol–water partition coefficient (Wildman–Crippen LogP) is 2.07. The summed E-state index contributed by atoms with van der Waals surface area (Å²) < 4.78 is 21.2. The minimum absolute atomic E-state index is 0.0870. The zero-order valence-electron chi connectivity index (χ0n) is 11.2. The van der Waals surface area contributed by atoms with Crippen LogP contribution in [0.1, 0.15) is 11.7 Å². The lowest BCUT2D eigenvalue weighted by atomic mass is 10.1. The summed E-state index contributed by atoms with van der Waals surface area (Å²) in [4.78, 5) is 11.3. The third-order valence-electron chi connectivity index (χ3n) is 3.22. The lowest BCUT2D eigenvalue weighted by molar-refractivity contribution is -0.132. The molecule has 104 valence electrons. The van der Waals surface area contributed by atoms with Crippen molar-refractivity contribution in [2.24, 2.45) is 0 Å². The topological polar surface area (TPSA) is 57.3 Å². The third-order valence-corrected chi connectivity index (χ3v) is 3.22. The first-order chi connectivity index (χ1) is 9.74. The van der Waals surface area contributed by atoms with Gasteiger partial charge in [-0.05, 0) is 5.56 Å². The molecule has 2 aliphatic rings. The fraction of sp³-hybridized carbons (Fsp3) is 0.267. The maximum absolute atomic E-state index is 11.3. The average Bonchev–Trinajstić information content (AvgIpc) is 3.17. The van der Waals surface area contributed by atoms with Crippen molar-refractivity contribution in [2.45, 2.75) is 12.2 Å². The van der Waals surface area contributed by atoms with Gasteiger partial charge >= 0.3 is 5.97 Å². The minimum atomic E-state index is -0.469. The largest absolute Gasteiger partial charge is 0.494 e. The SMILES string of the molecule is COC1=CC(=O)O/C1=C(/OC)C1OC1c1ccccc1.